The van der Waals surface area contributed by atoms with E-state index in [1.165, 1.54) is 11.1 Å². The number of rotatable bonds is 24. The van der Waals surface area contributed by atoms with E-state index in [4.69, 9.17) is 25.8 Å². The molecule has 1 aliphatic rings. The summed E-state index contributed by atoms with van der Waals surface area (Å²) < 4.78 is 17.3. The monoisotopic (exact) mass is 978 g/mol. The standard InChI is InChI=1S/C54H63ClN4O9S/c1-34-26-38(11-18-47(34)55)28-42(61)27-37-9-16-44(17-10-37)68-45-19-21-56-48(31-45)50(63)8-7-22-66-24-25-67-23-20-41(60)29-46(54(4,5)6)53(65)59-32-43(62)30-49(59)52(64)58-35(2)39-12-14-40(15-13-39)51-36(3)57-33-69-51/h9-19,21,26,31,33,35,43,46,49,62H,7-8,20,22-25,27-30,32H2,1-6H3,(H,58,64)/t35-,43+,46+,49+/m0/s1. The molecule has 0 saturated carbocycles. The number of aliphatic hydroxyl groups is 1. The number of hydrogen-bond acceptors (Lipinski definition) is 12. The van der Waals surface area contributed by atoms with Crippen LogP contribution in [0.1, 0.15) is 104 Å². The van der Waals surface area contributed by atoms with Gasteiger partial charge in [0, 0.05) is 74.9 Å². The molecule has 2 N–H and O–H groups in total. The highest BCUT2D eigenvalue weighted by Crippen LogP contribution is 2.34. The third kappa shape index (κ3) is 15.4. The molecule has 2 amide bonds. The molecule has 15 heteroatoms. The van der Waals surface area contributed by atoms with Crippen molar-refractivity contribution >= 4 is 52.1 Å². The van der Waals surface area contributed by atoms with Crippen LogP contribution in [-0.2, 0) is 41.5 Å². The van der Waals surface area contributed by atoms with Crippen molar-refractivity contribution in [2.75, 3.05) is 33.0 Å². The van der Waals surface area contributed by atoms with Crippen molar-refractivity contribution in [3.8, 4) is 21.9 Å². The molecule has 0 aliphatic carbocycles. The first-order valence-electron chi connectivity index (χ1n) is 23.4. The van der Waals surface area contributed by atoms with Crippen molar-refractivity contribution in [3.05, 3.63) is 129 Å². The van der Waals surface area contributed by atoms with Gasteiger partial charge >= 0.3 is 0 Å². The second kappa shape index (κ2) is 24.8. The Kier molecular flexibility index (Phi) is 18.9. The summed E-state index contributed by atoms with van der Waals surface area (Å²) in [7, 11) is 0. The van der Waals surface area contributed by atoms with Crippen molar-refractivity contribution in [3.63, 3.8) is 0 Å². The van der Waals surface area contributed by atoms with Crippen LogP contribution in [0.25, 0.3) is 10.4 Å². The lowest BCUT2D eigenvalue weighted by Crippen LogP contribution is -2.50. The molecule has 0 bridgehead atoms. The number of amides is 2. The van der Waals surface area contributed by atoms with Crippen LogP contribution in [0.5, 0.6) is 11.5 Å². The number of halogens is 1. The van der Waals surface area contributed by atoms with Gasteiger partial charge in [-0.3, -0.25) is 29.0 Å². The van der Waals surface area contributed by atoms with Crippen LogP contribution in [0.4, 0.5) is 0 Å². The minimum atomic E-state index is -0.864. The third-order valence-corrected chi connectivity index (χ3v) is 13.6. The SMILES string of the molecule is Cc1cc(CC(=O)Cc2ccc(Oc3ccnc(C(=O)CCCOCCOCCC(=O)C[C@H](C(=O)N4C[C@H](O)C[C@@H]4C(=O)N[C@@H](C)c4ccc(-c5scnc5C)cc4)C(C)(C)C)c3)cc2)ccc1Cl. The van der Waals surface area contributed by atoms with E-state index < -0.39 is 23.5 Å². The molecule has 69 heavy (non-hydrogen) atoms. The number of thiazole rings is 1. The number of aromatic nitrogens is 2. The van der Waals surface area contributed by atoms with Crippen molar-refractivity contribution in [2.45, 2.75) is 105 Å². The molecular formula is C54H63ClN4O9S. The van der Waals surface area contributed by atoms with E-state index in [1.54, 1.807) is 35.6 Å². The molecule has 1 fully saturated rings. The number of nitrogens with zero attached hydrogens (tertiary/aromatic N) is 3. The molecule has 3 aromatic carbocycles. The van der Waals surface area contributed by atoms with Gasteiger partial charge in [0.25, 0.3) is 0 Å². The first-order chi connectivity index (χ1) is 32.9. The Morgan fingerprint density at radius 2 is 1.54 bits per heavy atom. The Morgan fingerprint density at radius 3 is 2.22 bits per heavy atom. The summed E-state index contributed by atoms with van der Waals surface area (Å²) in [6.45, 7) is 12.5. The van der Waals surface area contributed by atoms with Gasteiger partial charge < -0.3 is 29.5 Å². The number of hydrogen-bond donors (Lipinski definition) is 2. The number of ether oxygens (including phenoxy) is 3. The van der Waals surface area contributed by atoms with Gasteiger partial charge in [0.15, 0.2) is 5.78 Å². The van der Waals surface area contributed by atoms with Crippen molar-refractivity contribution < 1.29 is 43.3 Å². The van der Waals surface area contributed by atoms with Crippen LogP contribution in [0.15, 0.2) is 90.6 Å². The number of carbonyl (C=O) groups is 5. The lowest BCUT2D eigenvalue weighted by molar-refractivity contribution is -0.146. The van der Waals surface area contributed by atoms with E-state index in [2.05, 4.69) is 15.3 Å². The number of likely N-dealkylation sites (tertiary alicyclic amines) is 1. The zero-order valence-corrected chi connectivity index (χ0v) is 41.9. The molecule has 6 rings (SSSR count). The number of benzene rings is 3. The maximum atomic E-state index is 14.1. The fraction of sp³-hybridized carbons (Fsp3) is 0.426. The average Bonchev–Trinajstić information content (AvgIpc) is 3.94. The fourth-order valence-corrected chi connectivity index (χ4v) is 9.17. The molecule has 1 saturated heterocycles. The number of nitrogens with one attached hydrogen (secondary N) is 1. The minimum Gasteiger partial charge on any atom is -0.457 e. The van der Waals surface area contributed by atoms with Crippen molar-refractivity contribution in [2.24, 2.45) is 11.3 Å². The molecule has 13 nitrogen and oxygen atoms in total. The normalized spacial score (nSPS) is 15.7. The second-order valence-electron chi connectivity index (χ2n) is 18.8. The van der Waals surface area contributed by atoms with Crippen LogP contribution < -0.4 is 10.1 Å². The van der Waals surface area contributed by atoms with Gasteiger partial charge in [0.2, 0.25) is 11.8 Å². The molecule has 0 radical (unpaired) electrons. The lowest BCUT2D eigenvalue weighted by atomic mass is 9.76. The largest absolute Gasteiger partial charge is 0.457 e. The van der Waals surface area contributed by atoms with Gasteiger partial charge in [-0.15, -0.1) is 11.3 Å². The first-order valence-corrected chi connectivity index (χ1v) is 24.7. The Balaban J connectivity index is 0.863. The predicted molar refractivity (Wildman–Crippen MR) is 267 cm³/mol. The number of pyridine rings is 1. The summed E-state index contributed by atoms with van der Waals surface area (Å²) >= 11 is 7.68. The molecular weight excluding hydrogens is 916 g/mol. The lowest BCUT2D eigenvalue weighted by Gasteiger charge is -2.35. The highest BCUT2D eigenvalue weighted by Gasteiger charge is 2.44. The number of ketones is 3. The summed E-state index contributed by atoms with van der Waals surface area (Å²) in [5.74, 6) is -0.549. The molecule has 5 aromatic rings. The summed E-state index contributed by atoms with van der Waals surface area (Å²) in [4.78, 5) is 77.7. The van der Waals surface area contributed by atoms with Crippen LogP contribution >= 0.6 is 22.9 Å². The Hall–Kier alpha value is -5.64. The Bertz CT molecular complexity index is 2560. The third-order valence-electron chi connectivity index (χ3n) is 12.2. The zero-order valence-electron chi connectivity index (χ0n) is 40.3. The van der Waals surface area contributed by atoms with Gasteiger partial charge in [-0.05, 0) is 84.7 Å². The molecule has 2 aromatic heterocycles. The van der Waals surface area contributed by atoms with E-state index in [9.17, 15) is 29.1 Å². The number of Topliss-reactive ketones (excluding diaryl/α,β-unsaturated/α-hetero) is 3. The number of β-amino-alcohol motifs (C(OH)–C–C–N with tert-alkyl or cyclic N) is 1. The van der Waals surface area contributed by atoms with Gasteiger partial charge in [-0.25, -0.2) is 4.98 Å². The molecule has 366 valence electrons. The Morgan fingerprint density at radius 1 is 0.841 bits per heavy atom. The number of aliphatic hydroxyl groups excluding tert-OH is 1. The highest BCUT2D eigenvalue weighted by molar-refractivity contribution is 7.13. The van der Waals surface area contributed by atoms with Gasteiger partial charge in [-0.2, -0.15) is 0 Å². The molecule has 0 unspecified atom stereocenters. The smallest absolute Gasteiger partial charge is 0.243 e. The Labute approximate surface area is 414 Å². The van der Waals surface area contributed by atoms with Crippen LogP contribution in [0.3, 0.4) is 0 Å². The van der Waals surface area contributed by atoms with E-state index >= 15 is 0 Å². The van der Waals surface area contributed by atoms with Crippen LogP contribution in [0, 0.1) is 25.2 Å². The fourth-order valence-electron chi connectivity index (χ4n) is 8.24. The summed E-state index contributed by atoms with van der Waals surface area (Å²) in [6, 6.07) is 22.9. The molecule has 0 spiro atoms. The molecule has 1 aliphatic heterocycles. The topological polar surface area (TPSA) is 174 Å². The molecule has 3 heterocycles. The van der Waals surface area contributed by atoms with Crippen LogP contribution in [-0.4, -0.2) is 94.3 Å². The van der Waals surface area contributed by atoms with E-state index in [0.29, 0.717) is 42.4 Å². The van der Waals surface area contributed by atoms with Gasteiger partial charge in [0.05, 0.1) is 48.0 Å². The maximum Gasteiger partial charge on any atom is 0.243 e. The summed E-state index contributed by atoms with van der Waals surface area (Å²) in [6.07, 6.45) is 2.18. The first kappa shape index (κ1) is 52.7. The summed E-state index contributed by atoms with van der Waals surface area (Å²) in [5.41, 5.74) is 7.16. The highest BCUT2D eigenvalue weighted by atomic mass is 35.5. The van der Waals surface area contributed by atoms with E-state index in [1.807, 2.05) is 102 Å². The second-order valence-corrected chi connectivity index (χ2v) is 20.0. The zero-order chi connectivity index (χ0) is 49.7. The quantitative estimate of drug-likeness (QED) is 0.0445. The van der Waals surface area contributed by atoms with Crippen molar-refractivity contribution in [1.29, 1.82) is 0 Å². The molecule has 4 atom stereocenters. The van der Waals surface area contributed by atoms with Crippen LogP contribution in [0.2, 0.25) is 5.02 Å². The maximum absolute atomic E-state index is 14.1. The predicted octanol–water partition coefficient (Wildman–Crippen LogP) is 9.47. The van der Waals surface area contributed by atoms with Crippen molar-refractivity contribution in [1.82, 2.24) is 20.2 Å². The van der Waals surface area contributed by atoms with Gasteiger partial charge in [-0.1, -0.05) is 80.9 Å². The summed E-state index contributed by atoms with van der Waals surface area (Å²) in [5, 5.41) is 14.4. The van der Waals surface area contributed by atoms with Gasteiger partial charge in [0.1, 0.15) is 34.8 Å². The van der Waals surface area contributed by atoms with E-state index in [0.717, 1.165) is 38.4 Å². The number of carbonyl (C=O) groups excluding carboxylic acids is 5. The van der Waals surface area contributed by atoms with E-state index in [-0.39, 0.29) is 92.9 Å². The average molecular weight is 980 g/mol. The minimum absolute atomic E-state index is 0.0152. The number of aryl methyl sites for hydroxylation is 2.